The Labute approximate surface area is 160 Å². The fourth-order valence-electron chi connectivity index (χ4n) is 3.20. The average Bonchev–Trinajstić information content (AvgIpc) is 2.59. The highest BCUT2D eigenvalue weighted by Crippen LogP contribution is 2.18. The lowest BCUT2D eigenvalue weighted by molar-refractivity contribution is 0.0491. The summed E-state index contributed by atoms with van der Waals surface area (Å²) in [7, 11) is 0. The van der Waals surface area contributed by atoms with Gasteiger partial charge in [-0.1, -0.05) is 6.07 Å². The van der Waals surface area contributed by atoms with Gasteiger partial charge in [0, 0.05) is 48.4 Å². The Morgan fingerprint density at radius 3 is 2.54 bits per heavy atom. The van der Waals surface area contributed by atoms with Crippen LogP contribution in [-0.2, 0) is 0 Å². The third-order valence-electron chi connectivity index (χ3n) is 4.74. The smallest absolute Gasteiger partial charge is 0.270 e. The molecule has 0 radical (unpaired) electrons. The van der Waals surface area contributed by atoms with Gasteiger partial charge < -0.3 is 26.7 Å². The lowest BCUT2D eigenvalue weighted by Gasteiger charge is -2.39. The number of likely N-dealkylation sites (tertiary alicyclic amines) is 1. The number of nitrogens with two attached hydrogens (primary N) is 2. The zero-order valence-electron chi connectivity index (χ0n) is 15.3. The molecule has 0 unspecified atom stereocenters. The molecular weight excluding hydrogens is 362 g/mol. The molecule has 0 spiro atoms. The van der Waals surface area contributed by atoms with E-state index in [4.69, 9.17) is 11.5 Å². The summed E-state index contributed by atoms with van der Waals surface area (Å²) in [4.78, 5) is 51.6. The van der Waals surface area contributed by atoms with E-state index in [1.165, 1.54) is 12.1 Å². The molecule has 6 N–H and O–H groups in total. The van der Waals surface area contributed by atoms with Crippen molar-refractivity contribution in [1.82, 2.24) is 15.2 Å². The van der Waals surface area contributed by atoms with E-state index in [9.17, 15) is 19.2 Å². The highest BCUT2D eigenvalue weighted by Gasteiger charge is 2.32. The predicted octanol–water partition coefficient (Wildman–Crippen LogP) is -0.134. The summed E-state index contributed by atoms with van der Waals surface area (Å²) in [5.41, 5.74) is 12.1. The number of nitrogens with zero attached hydrogens (tertiary/aromatic N) is 1. The van der Waals surface area contributed by atoms with Crippen molar-refractivity contribution in [3.63, 3.8) is 0 Å². The molecule has 146 valence electrons. The maximum atomic E-state index is 12.4. The van der Waals surface area contributed by atoms with Crippen LogP contribution in [0.3, 0.4) is 0 Å². The molecule has 2 heterocycles. The summed E-state index contributed by atoms with van der Waals surface area (Å²) in [6.07, 6.45) is 0. The van der Waals surface area contributed by atoms with Gasteiger partial charge in [-0.15, -0.1) is 0 Å². The average molecular weight is 383 g/mol. The number of pyridine rings is 1. The molecule has 9 nitrogen and oxygen atoms in total. The Balaban J connectivity index is 1.55. The molecule has 3 rings (SSSR count). The number of primary amides is 1. The summed E-state index contributed by atoms with van der Waals surface area (Å²) in [6.45, 7) is 2.97. The summed E-state index contributed by atoms with van der Waals surface area (Å²) in [5, 5.41) is 2.82. The Morgan fingerprint density at radius 1 is 1.21 bits per heavy atom. The molecule has 1 saturated heterocycles. The standard InChI is InChI=1S/C19H21N5O4/c1-10-13(17(21)26)3-2-4-14(10)18(27)22-7-11-8-24(9-11)19(28)15-5-12(20)6-16(25)23-15/h2-6,11H,7-9H2,1H3,(H2,21,26)(H,22,27)(H3,20,23,25). The molecule has 2 aromatic rings. The number of anilines is 1. The van der Waals surface area contributed by atoms with E-state index >= 15 is 0 Å². The van der Waals surface area contributed by atoms with Crippen molar-refractivity contribution in [3.8, 4) is 0 Å². The zero-order chi connectivity index (χ0) is 20.4. The van der Waals surface area contributed by atoms with Crippen LogP contribution >= 0.6 is 0 Å². The minimum Gasteiger partial charge on any atom is -0.399 e. The van der Waals surface area contributed by atoms with Crippen molar-refractivity contribution in [2.45, 2.75) is 6.92 Å². The maximum Gasteiger partial charge on any atom is 0.270 e. The molecule has 1 aliphatic rings. The number of benzene rings is 1. The first-order valence-electron chi connectivity index (χ1n) is 8.73. The van der Waals surface area contributed by atoms with Gasteiger partial charge in [0.25, 0.3) is 17.4 Å². The molecular formula is C19H21N5O4. The number of carbonyl (C=O) groups is 3. The highest BCUT2D eigenvalue weighted by molar-refractivity contribution is 6.01. The van der Waals surface area contributed by atoms with E-state index in [1.54, 1.807) is 30.0 Å². The zero-order valence-corrected chi connectivity index (χ0v) is 15.3. The fraction of sp³-hybridized carbons (Fsp3) is 0.263. The monoisotopic (exact) mass is 383 g/mol. The third kappa shape index (κ3) is 3.88. The van der Waals surface area contributed by atoms with E-state index < -0.39 is 11.5 Å². The first-order chi connectivity index (χ1) is 13.3. The largest absolute Gasteiger partial charge is 0.399 e. The Kier molecular flexibility index (Phi) is 5.16. The molecule has 1 aliphatic heterocycles. The number of nitrogens with one attached hydrogen (secondary N) is 2. The van der Waals surface area contributed by atoms with Crippen LogP contribution in [-0.4, -0.2) is 47.2 Å². The molecule has 3 amide bonds. The van der Waals surface area contributed by atoms with Crippen molar-refractivity contribution in [1.29, 1.82) is 0 Å². The molecule has 1 aromatic carbocycles. The molecule has 28 heavy (non-hydrogen) atoms. The number of hydrogen-bond donors (Lipinski definition) is 4. The van der Waals surface area contributed by atoms with Gasteiger partial charge in [-0.2, -0.15) is 0 Å². The topological polar surface area (TPSA) is 151 Å². The molecule has 0 atom stereocenters. The number of amides is 3. The highest BCUT2D eigenvalue weighted by atomic mass is 16.2. The normalized spacial score (nSPS) is 13.7. The van der Waals surface area contributed by atoms with Gasteiger partial charge in [0.05, 0.1) is 0 Å². The maximum absolute atomic E-state index is 12.4. The molecule has 0 saturated carbocycles. The molecule has 1 fully saturated rings. The Morgan fingerprint density at radius 2 is 1.89 bits per heavy atom. The van der Waals surface area contributed by atoms with E-state index in [0.717, 1.165) is 0 Å². The number of hydrogen-bond acceptors (Lipinski definition) is 5. The van der Waals surface area contributed by atoms with Crippen molar-refractivity contribution < 1.29 is 14.4 Å². The van der Waals surface area contributed by atoms with E-state index in [1.807, 2.05) is 0 Å². The van der Waals surface area contributed by atoms with Gasteiger partial charge in [-0.3, -0.25) is 19.2 Å². The molecule has 0 aliphatic carbocycles. The van der Waals surface area contributed by atoms with Crippen molar-refractivity contribution in [3.05, 3.63) is 63.1 Å². The lowest BCUT2D eigenvalue weighted by Crippen LogP contribution is -2.54. The van der Waals surface area contributed by atoms with Crippen molar-refractivity contribution in [2.24, 2.45) is 11.7 Å². The van der Waals surface area contributed by atoms with Crippen LogP contribution in [0.25, 0.3) is 0 Å². The van der Waals surface area contributed by atoms with Gasteiger partial charge in [-0.05, 0) is 30.7 Å². The lowest BCUT2D eigenvalue weighted by atomic mass is 9.98. The molecule has 1 aromatic heterocycles. The third-order valence-corrected chi connectivity index (χ3v) is 4.74. The van der Waals surface area contributed by atoms with Crippen LogP contribution < -0.4 is 22.3 Å². The van der Waals surface area contributed by atoms with Crippen LogP contribution in [0, 0.1) is 12.8 Å². The number of aromatic nitrogens is 1. The number of rotatable bonds is 5. The number of nitrogen functional groups attached to an aromatic ring is 1. The number of H-pyrrole nitrogens is 1. The SMILES string of the molecule is Cc1c(C(N)=O)cccc1C(=O)NCC1CN(C(=O)c2cc(N)cc(=O)[nH]2)C1. The van der Waals surface area contributed by atoms with Crippen molar-refractivity contribution in [2.75, 3.05) is 25.4 Å². The van der Waals surface area contributed by atoms with Gasteiger partial charge in [0.1, 0.15) is 5.69 Å². The Bertz CT molecular complexity index is 1010. The minimum absolute atomic E-state index is 0.0975. The van der Waals surface area contributed by atoms with Crippen LogP contribution in [0.4, 0.5) is 5.69 Å². The summed E-state index contributed by atoms with van der Waals surface area (Å²) < 4.78 is 0. The van der Waals surface area contributed by atoms with E-state index in [2.05, 4.69) is 10.3 Å². The van der Waals surface area contributed by atoms with Gasteiger partial charge in [-0.25, -0.2) is 0 Å². The van der Waals surface area contributed by atoms with Crippen LogP contribution in [0.2, 0.25) is 0 Å². The second-order valence-corrected chi connectivity index (χ2v) is 6.82. The summed E-state index contributed by atoms with van der Waals surface area (Å²) >= 11 is 0. The van der Waals surface area contributed by atoms with Crippen LogP contribution in [0.15, 0.2) is 35.1 Å². The van der Waals surface area contributed by atoms with Gasteiger partial charge in [0.15, 0.2) is 0 Å². The minimum atomic E-state index is -0.583. The second kappa shape index (κ2) is 7.55. The number of carbonyl (C=O) groups excluding carboxylic acids is 3. The van der Waals surface area contributed by atoms with Gasteiger partial charge in [0.2, 0.25) is 5.91 Å². The fourth-order valence-corrected chi connectivity index (χ4v) is 3.20. The first kappa shape index (κ1) is 19.2. The van der Waals surface area contributed by atoms with E-state index in [0.29, 0.717) is 36.3 Å². The molecule has 9 heteroatoms. The Hall–Kier alpha value is -3.62. The summed E-state index contributed by atoms with van der Waals surface area (Å²) in [5.74, 6) is -1.09. The first-order valence-corrected chi connectivity index (χ1v) is 8.73. The van der Waals surface area contributed by atoms with E-state index in [-0.39, 0.29) is 29.1 Å². The van der Waals surface area contributed by atoms with Crippen LogP contribution in [0.5, 0.6) is 0 Å². The quantitative estimate of drug-likeness (QED) is 0.567. The number of aromatic amines is 1. The van der Waals surface area contributed by atoms with Gasteiger partial charge >= 0.3 is 0 Å². The molecule has 0 bridgehead atoms. The second-order valence-electron chi connectivity index (χ2n) is 6.82. The van der Waals surface area contributed by atoms with Crippen LogP contribution in [0.1, 0.15) is 36.8 Å². The summed E-state index contributed by atoms with van der Waals surface area (Å²) in [6, 6.07) is 7.44. The predicted molar refractivity (Wildman–Crippen MR) is 103 cm³/mol. The van der Waals surface area contributed by atoms with Crippen molar-refractivity contribution >= 4 is 23.4 Å².